The van der Waals surface area contributed by atoms with Crippen LogP contribution in [0, 0.1) is 0 Å². The van der Waals surface area contributed by atoms with Crippen LogP contribution < -0.4 is 65.6 Å². The van der Waals surface area contributed by atoms with Gasteiger partial charge >= 0.3 is 0 Å². The van der Waals surface area contributed by atoms with Crippen molar-refractivity contribution in [3.8, 4) is 11.4 Å². The molecule has 0 amide bonds. The molecule has 6 heteroatoms. The summed E-state index contributed by atoms with van der Waals surface area (Å²) in [5.41, 5.74) is 21.9. The molecule has 2 heterocycles. The summed E-state index contributed by atoms with van der Waals surface area (Å²) in [6, 6.07) is 126. The van der Waals surface area contributed by atoms with Crippen LogP contribution in [0.5, 0.6) is 0 Å². The van der Waals surface area contributed by atoms with E-state index in [9.17, 15) is 0 Å². The van der Waals surface area contributed by atoms with Crippen LogP contribution in [-0.2, 0) is 0 Å². The Balaban J connectivity index is 1.03. The maximum atomic E-state index is 2.54. The zero-order chi connectivity index (χ0) is 55.8. The average molecular weight is 1060 g/mol. The van der Waals surface area contributed by atoms with Crippen molar-refractivity contribution < 1.29 is 0 Å². The Morgan fingerprint density at radius 3 is 0.643 bits per heavy atom. The van der Waals surface area contributed by atoms with E-state index in [2.05, 4.69) is 349 Å². The number of hydrogen-bond donors (Lipinski definition) is 0. The van der Waals surface area contributed by atoms with E-state index < -0.39 is 0 Å². The molecule has 0 aliphatic carbocycles. The zero-order valence-electron chi connectivity index (χ0n) is 46.5. The lowest BCUT2D eigenvalue weighted by Crippen LogP contribution is -2.52. The van der Waals surface area contributed by atoms with Crippen LogP contribution in [0.2, 0.25) is 0 Å². The summed E-state index contributed by atoms with van der Waals surface area (Å²) in [5.74, 6) is 0. The third-order valence-electron chi connectivity index (χ3n) is 17.4. The van der Waals surface area contributed by atoms with E-state index in [0.29, 0.717) is 0 Å². The lowest BCUT2D eigenvalue weighted by Gasteiger charge is -2.18. The molecule has 2 nitrogen and oxygen atoms in total. The number of hydrogen-bond acceptors (Lipinski definition) is 0. The third kappa shape index (κ3) is 9.36. The molecule has 0 unspecified atom stereocenters. The van der Waals surface area contributed by atoms with Gasteiger partial charge in [-0.3, -0.25) is 0 Å². The Kier molecular flexibility index (Phi) is 13.4. The highest BCUT2D eigenvalue weighted by Gasteiger charge is 2.29. The molecule has 390 valence electrons. The van der Waals surface area contributed by atoms with Crippen molar-refractivity contribution in [2.75, 3.05) is 0 Å². The van der Waals surface area contributed by atoms with Crippen molar-refractivity contribution in [2.45, 2.75) is 0 Å². The maximum absolute atomic E-state index is 2.54. The molecule has 15 aromatic rings. The van der Waals surface area contributed by atoms with E-state index in [1.54, 1.807) is 0 Å². The second-order valence-corrected chi connectivity index (χ2v) is 22.3. The predicted molar refractivity (Wildman–Crippen MR) is 365 cm³/mol. The number of rotatable bonds is 14. The smallest absolute Gasteiger partial charge is 0.241 e. The molecule has 2 aromatic heterocycles. The molecule has 15 rings (SSSR count). The van der Waals surface area contributed by atoms with E-state index in [1.807, 2.05) is 0 Å². The summed E-state index contributed by atoms with van der Waals surface area (Å²) in [6.45, 7) is 0.123. The van der Waals surface area contributed by atoms with Crippen molar-refractivity contribution >= 4 is 136 Å². The first-order valence-electron chi connectivity index (χ1n) is 29.4. The molecule has 0 spiro atoms. The highest BCUT2D eigenvalue weighted by Crippen LogP contribution is 2.39. The fraction of sp³-hybridized carbons (Fsp3) is 0. The van der Waals surface area contributed by atoms with E-state index in [-0.39, 0.29) is 26.9 Å². The summed E-state index contributed by atoms with van der Waals surface area (Å²) >= 11 is 0. The highest BCUT2D eigenvalue weighted by molar-refractivity contribution is 6.97. The van der Waals surface area contributed by atoms with Gasteiger partial charge in [0.05, 0.1) is 22.1 Å². The van der Waals surface area contributed by atoms with Gasteiger partial charge in [-0.25, -0.2) is 0 Å². The molecule has 0 fully saturated rings. The topological polar surface area (TPSA) is 9.86 Å². The van der Waals surface area contributed by atoms with Crippen LogP contribution in [0.25, 0.3) is 55.0 Å². The Labute approximate surface area is 493 Å². The molecule has 0 radical (unpaired) electrons. The molecular formula is C78H56B4N2. The number of aromatic nitrogens is 2. The fourth-order valence-corrected chi connectivity index (χ4v) is 13.6. The standard InChI is InChI=1S/C78H56B4N2/c1-9-27-57(28-10-1)79(58-29-11-2-12-30-58)65-43-25-45-69(51-65)83-75-49-47-67(81(61-35-17-5-18-36-61)62-37-19-6-20-38-62)53-71(75)73-55-74-72-54-68(82(63-39-21-7-22-40-63)64-41-23-8-24-42-64)48-50-76(72)84(78(74)56-77(73)83)70-46-26-44-66(52-70)80(59-31-13-3-14-32-59)60-33-15-4-16-34-60/h1-56H. The number of fused-ring (bicyclic) bond motifs is 6. The van der Waals surface area contributed by atoms with E-state index in [0.717, 1.165) is 33.4 Å². The van der Waals surface area contributed by atoms with Crippen LogP contribution in [-0.4, -0.2) is 36.0 Å². The zero-order valence-corrected chi connectivity index (χ0v) is 46.5. The van der Waals surface area contributed by atoms with Gasteiger partial charge in [0.1, 0.15) is 0 Å². The minimum atomic E-state index is 0.0278. The summed E-state index contributed by atoms with van der Waals surface area (Å²) in [5, 5.41) is 4.85. The van der Waals surface area contributed by atoms with E-state index >= 15 is 0 Å². The van der Waals surface area contributed by atoms with Gasteiger partial charge in [0.2, 0.25) is 26.9 Å². The minimum Gasteiger partial charge on any atom is -0.309 e. The Morgan fingerprint density at radius 2 is 0.381 bits per heavy atom. The van der Waals surface area contributed by atoms with Crippen molar-refractivity contribution in [1.82, 2.24) is 9.13 Å². The molecule has 0 aliphatic rings. The van der Waals surface area contributed by atoms with Gasteiger partial charge in [0.15, 0.2) is 0 Å². The molecule has 0 atom stereocenters. The van der Waals surface area contributed by atoms with E-state index in [1.165, 1.54) is 87.1 Å². The molecular weight excluding hydrogens is 1010 g/mol. The molecule has 0 saturated heterocycles. The van der Waals surface area contributed by atoms with Crippen molar-refractivity contribution in [2.24, 2.45) is 0 Å². The molecule has 0 aliphatic heterocycles. The quantitative estimate of drug-likeness (QED) is 0.0961. The van der Waals surface area contributed by atoms with Crippen molar-refractivity contribution in [3.63, 3.8) is 0 Å². The first-order valence-corrected chi connectivity index (χ1v) is 29.4. The van der Waals surface area contributed by atoms with Crippen molar-refractivity contribution in [3.05, 3.63) is 340 Å². The Morgan fingerprint density at radius 1 is 0.155 bits per heavy atom. The van der Waals surface area contributed by atoms with Gasteiger partial charge in [-0.15, -0.1) is 0 Å². The lowest BCUT2D eigenvalue weighted by atomic mass is 9.37. The Hall–Kier alpha value is -10.3. The second kappa shape index (κ2) is 22.2. The normalized spacial score (nSPS) is 11.3. The van der Waals surface area contributed by atoms with Gasteiger partial charge < -0.3 is 9.13 Å². The second-order valence-electron chi connectivity index (χ2n) is 22.3. The lowest BCUT2D eigenvalue weighted by molar-refractivity contribution is 1.17. The van der Waals surface area contributed by atoms with Crippen LogP contribution >= 0.6 is 0 Å². The van der Waals surface area contributed by atoms with Crippen molar-refractivity contribution in [1.29, 1.82) is 0 Å². The predicted octanol–water partition coefficient (Wildman–Crippen LogP) is 9.95. The van der Waals surface area contributed by atoms with Gasteiger partial charge in [-0.2, -0.15) is 0 Å². The molecule has 0 bridgehead atoms. The van der Waals surface area contributed by atoms with Crippen LogP contribution in [0.15, 0.2) is 340 Å². The molecule has 0 saturated carbocycles. The number of nitrogens with zero attached hydrogens (tertiary/aromatic N) is 2. The maximum Gasteiger partial charge on any atom is 0.241 e. The first-order chi connectivity index (χ1) is 41.7. The monoisotopic (exact) mass is 1060 g/mol. The number of benzene rings is 13. The fourth-order valence-electron chi connectivity index (χ4n) is 13.6. The van der Waals surface area contributed by atoms with Gasteiger partial charge in [0.25, 0.3) is 0 Å². The third-order valence-corrected chi connectivity index (χ3v) is 17.4. The largest absolute Gasteiger partial charge is 0.309 e. The van der Waals surface area contributed by atoms with Gasteiger partial charge in [-0.1, -0.05) is 357 Å². The van der Waals surface area contributed by atoms with Gasteiger partial charge in [-0.05, 0) is 48.5 Å². The molecule has 13 aromatic carbocycles. The summed E-state index contributed by atoms with van der Waals surface area (Å²) in [6.07, 6.45) is 0. The summed E-state index contributed by atoms with van der Waals surface area (Å²) in [7, 11) is 0. The average Bonchev–Trinajstić information content (AvgIpc) is 2.34. The SMILES string of the molecule is c1ccc(B(c2ccccc2)c2cccc(-n3c4ccc(B(c5ccccc5)c5ccccc5)cc4c4cc5c6cc(B(c7ccccc7)c7ccccc7)ccc6n(-c6cccc(B(c7ccccc7)c7ccccc7)c6)c5cc43)c2)cc1. The molecule has 0 N–H and O–H groups in total. The highest BCUT2D eigenvalue weighted by atomic mass is 15.0. The van der Waals surface area contributed by atoms with Crippen LogP contribution in [0.3, 0.4) is 0 Å². The summed E-state index contributed by atoms with van der Waals surface area (Å²) < 4.78 is 5.08. The first kappa shape index (κ1) is 50.7. The van der Waals surface area contributed by atoms with Crippen LogP contribution in [0.4, 0.5) is 0 Å². The van der Waals surface area contributed by atoms with E-state index in [4.69, 9.17) is 0 Å². The minimum absolute atomic E-state index is 0.0278. The van der Waals surface area contributed by atoms with Crippen LogP contribution in [0.1, 0.15) is 0 Å². The Bertz CT molecular complexity index is 4310. The summed E-state index contributed by atoms with van der Waals surface area (Å²) in [4.78, 5) is 0. The van der Waals surface area contributed by atoms with Gasteiger partial charge in [0, 0.05) is 32.9 Å². The molecule has 84 heavy (non-hydrogen) atoms.